The minimum atomic E-state index is -0.549. The summed E-state index contributed by atoms with van der Waals surface area (Å²) in [5, 5.41) is 9.55. The van der Waals surface area contributed by atoms with Gasteiger partial charge in [-0.05, 0) is 36.4 Å². The molecule has 0 N–H and O–H groups in total. The maximum atomic E-state index is 13.2. The molecule has 1 atom stereocenters. The van der Waals surface area contributed by atoms with Crippen molar-refractivity contribution < 1.29 is 9.13 Å². The molecule has 4 rings (SSSR count). The normalized spacial score (nSPS) is 12.2. The molecule has 0 saturated carbocycles. The van der Waals surface area contributed by atoms with Crippen molar-refractivity contribution in [3.05, 3.63) is 76.9 Å². The van der Waals surface area contributed by atoms with Gasteiger partial charge < -0.3 is 4.74 Å². The Morgan fingerprint density at radius 3 is 2.83 bits per heavy atom. The first-order valence-corrected chi connectivity index (χ1v) is 8.06. The summed E-state index contributed by atoms with van der Waals surface area (Å²) in [6, 6.07) is 12.4. The van der Waals surface area contributed by atoms with Gasteiger partial charge in [-0.3, -0.25) is 9.97 Å². The van der Waals surface area contributed by atoms with E-state index in [1.54, 1.807) is 17.8 Å². The van der Waals surface area contributed by atoms with Gasteiger partial charge in [0, 0.05) is 11.6 Å². The fraction of sp³-hybridized carbons (Fsp3) is 0.0588. The Labute approximate surface area is 140 Å². The predicted octanol–water partition coefficient (Wildman–Crippen LogP) is 3.79. The van der Waals surface area contributed by atoms with Crippen LogP contribution in [0.2, 0.25) is 0 Å². The van der Waals surface area contributed by atoms with Crippen LogP contribution in [-0.4, -0.2) is 20.2 Å². The zero-order valence-corrected chi connectivity index (χ0v) is 13.2. The second-order valence-electron chi connectivity index (χ2n) is 5.03. The Kier molecular flexibility index (Phi) is 3.84. The van der Waals surface area contributed by atoms with Crippen molar-refractivity contribution in [2.24, 2.45) is 0 Å². The summed E-state index contributed by atoms with van der Waals surface area (Å²) in [5.74, 6) is 0.258. The Bertz CT molecular complexity index is 960. The number of ether oxygens (including phenoxy) is 1. The van der Waals surface area contributed by atoms with Crippen molar-refractivity contribution >= 4 is 22.2 Å². The van der Waals surface area contributed by atoms with Gasteiger partial charge in [0.05, 0.1) is 17.4 Å². The molecule has 3 heterocycles. The van der Waals surface area contributed by atoms with Crippen LogP contribution in [0.3, 0.4) is 0 Å². The van der Waals surface area contributed by atoms with Crippen molar-refractivity contribution in [3.8, 4) is 5.75 Å². The first-order chi connectivity index (χ1) is 11.8. The lowest BCUT2D eigenvalue weighted by Gasteiger charge is -2.16. The van der Waals surface area contributed by atoms with Gasteiger partial charge in [-0.1, -0.05) is 6.07 Å². The van der Waals surface area contributed by atoms with Crippen LogP contribution in [0.4, 0.5) is 4.39 Å². The number of fused-ring (bicyclic) bond motifs is 1. The van der Waals surface area contributed by atoms with Crippen LogP contribution in [0.1, 0.15) is 16.8 Å². The number of aromatic nitrogens is 4. The molecule has 24 heavy (non-hydrogen) atoms. The second kappa shape index (κ2) is 6.29. The van der Waals surface area contributed by atoms with Gasteiger partial charge in [0.15, 0.2) is 11.1 Å². The van der Waals surface area contributed by atoms with E-state index in [1.807, 2.05) is 30.3 Å². The van der Waals surface area contributed by atoms with Gasteiger partial charge in [0.25, 0.3) is 0 Å². The highest BCUT2D eigenvalue weighted by Crippen LogP contribution is 2.29. The standard InChI is InChI=1S/C17H11FN4OS/c18-12-3-5-15(20-9-12)16(17-22-21-10-24-17)23-13-4-6-14-11(8-13)2-1-7-19-14/h1-10,16H. The highest BCUT2D eigenvalue weighted by atomic mass is 32.1. The van der Waals surface area contributed by atoms with E-state index in [1.165, 1.54) is 17.4 Å². The molecule has 3 aromatic heterocycles. The molecular weight excluding hydrogens is 327 g/mol. The van der Waals surface area contributed by atoms with E-state index in [2.05, 4.69) is 20.2 Å². The van der Waals surface area contributed by atoms with E-state index in [9.17, 15) is 4.39 Å². The largest absolute Gasteiger partial charge is 0.477 e. The summed E-state index contributed by atoms with van der Waals surface area (Å²) in [6.07, 6.45) is 2.36. The molecule has 1 aromatic carbocycles. The molecule has 0 spiro atoms. The van der Waals surface area contributed by atoms with Gasteiger partial charge in [-0.15, -0.1) is 21.5 Å². The third kappa shape index (κ3) is 2.93. The number of pyridine rings is 2. The van der Waals surface area contributed by atoms with E-state index >= 15 is 0 Å². The van der Waals surface area contributed by atoms with Crippen LogP contribution in [0.25, 0.3) is 10.9 Å². The monoisotopic (exact) mass is 338 g/mol. The summed E-state index contributed by atoms with van der Waals surface area (Å²) in [6.45, 7) is 0. The first-order valence-electron chi connectivity index (χ1n) is 7.18. The van der Waals surface area contributed by atoms with E-state index in [-0.39, 0.29) is 0 Å². The van der Waals surface area contributed by atoms with Crippen LogP contribution in [0, 0.1) is 5.82 Å². The molecule has 7 heteroatoms. The fourth-order valence-corrected chi connectivity index (χ4v) is 2.93. The summed E-state index contributed by atoms with van der Waals surface area (Å²) in [4.78, 5) is 8.41. The average molecular weight is 338 g/mol. The highest BCUT2D eigenvalue weighted by molar-refractivity contribution is 7.09. The molecule has 0 bridgehead atoms. The third-order valence-corrected chi connectivity index (χ3v) is 4.19. The van der Waals surface area contributed by atoms with Gasteiger partial charge in [0.1, 0.15) is 17.1 Å². The molecule has 0 radical (unpaired) electrons. The lowest BCUT2D eigenvalue weighted by atomic mass is 10.2. The Morgan fingerprint density at radius 1 is 1.08 bits per heavy atom. The molecule has 0 aliphatic rings. The van der Waals surface area contributed by atoms with E-state index < -0.39 is 11.9 Å². The molecule has 0 amide bonds. The summed E-state index contributed by atoms with van der Waals surface area (Å²) < 4.78 is 19.2. The molecule has 4 aromatic rings. The lowest BCUT2D eigenvalue weighted by Crippen LogP contribution is -2.11. The molecule has 0 saturated heterocycles. The Hall–Kier alpha value is -2.93. The van der Waals surface area contributed by atoms with Crippen LogP contribution in [-0.2, 0) is 0 Å². The summed E-state index contributed by atoms with van der Waals surface area (Å²) in [7, 11) is 0. The van der Waals surface area contributed by atoms with Crippen LogP contribution >= 0.6 is 11.3 Å². The van der Waals surface area contributed by atoms with Crippen molar-refractivity contribution in [3.63, 3.8) is 0 Å². The molecule has 0 fully saturated rings. The SMILES string of the molecule is Fc1ccc(C(Oc2ccc3ncccc3c2)c2nncs2)nc1. The van der Waals surface area contributed by atoms with Gasteiger partial charge >= 0.3 is 0 Å². The topological polar surface area (TPSA) is 60.8 Å². The maximum absolute atomic E-state index is 13.2. The quantitative estimate of drug-likeness (QED) is 0.566. The highest BCUT2D eigenvalue weighted by Gasteiger charge is 2.21. The van der Waals surface area contributed by atoms with Crippen molar-refractivity contribution in [1.29, 1.82) is 0 Å². The number of rotatable bonds is 4. The van der Waals surface area contributed by atoms with Crippen molar-refractivity contribution in [2.75, 3.05) is 0 Å². The minimum Gasteiger partial charge on any atom is -0.477 e. The van der Waals surface area contributed by atoms with Gasteiger partial charge in [-0.2, -0.15) is 0 Å². The fourth-order valence-electron chi connectivity index (χ4n) is 2.34. The minimum absolute atomic E-state index is 0.397. The number of nitrogens with zero attached hydrogens (tertiary/aromatic N) is 4. The third-order valence-electron chi connectivity index (χ3n) is 3.45. The van der Waals surface area contributed by atoms with E-state index in [0.717, 1.165) is 17.1 Å². The van der Waals surface area contributed by atoms with Crippen LogP contribution in [0.15, 0.2) is 60.4 Å². The van der Waals surface area contributed by atoms with Crippen molar-refractivity contribution in [1.82, 2.24) is 20.2 Å². The van der Waals surface area contributed by atoms with E-state index in [4.69, 9.17) is 4.74 Å². The zero-order chi connectivity index (χ0) is 16.4. The van der Waals surface area contributed by atoms with Crippen molar-refractivity contribution in [2.45, 2.75) is 6.10 Å². The Morgan fingerprint density at radius 2 is 2.04 bits per heavy atom. The molecular formula is C17H11FN4OS. The number of halogens is 1. The molecule has 1 unspecified atom stereocenters. The average Bonchev–Trinajstić information content (AvgIpc) is 3.15. The molecule has 0 aliphatic carbocycles. The zero-order valence-electron chi connectivity index (χ0n) is 12.3. The molecule has 0 aliphatic heterocycles. The summed E-state index contributed by atoms with van der Waals surface area (Å²) >= 11 is 1.36. The number of hydrogen-bond acceptors (Lipinski definition) is 6. The number of benzene rings is 1. The predicted molar refractivity (Wildman–Crippen MR) is 88.3 cm³/mol. The first kappa shape index (κ1) is 14.6. The van der Waals surface area contributed by atoms with Crippen LogP contribution < -0.4 is 4.74 Å². The van der Waals surface area contributed by atoms with Gasteiger partial charge in [-0.25, -0.2) is 4.39 Å². The molecule has 118 valence electrons. The maximum Gasteiger partial charge on any atom is 0.194 e. The van der Waals surface area contributed by atoms with E-state index in [0.29, 0.717) is 16.5 Å². The lowest BCUT2D eigenvalue weighted by molar-refractivity contribution is 0.241. The molecule has 5 nitrogen and oxygen atoms in total. The van der Waals surface area contributed by atoms with Crippen LogP contribution in [0.5, 0.6) is 5.75 Å². The van der Waals surface area contributed by atoms with Gasteiger partial charge in [0.2, 0.25) is 0 Å². The Balaban J connectivity index is 1.71. The smallest absolute Gasteiger partial charge is 0.194 e. The summed E-state index contributed by atoms with van der Waals surface area (Å²) in [5.41, 5.74) is 3.08. The number of hydrogen-bond donors (Lipinski definition) is 0. The second-order valence-corrected chi connectivity index (χ2v) is 5.90.